The molecular formula is C19H32N5O8P. The number of hydrogen-bond donors (Lipinski definition) is 5. The summed E-state index contributed by atoms with van der Waals surface area (Å²) >= 11 is 0. The molecule has 2 aromatic heterocycles. The van der Waals surface area contributed by atoms with Gasteiger partial charge < -0.3 is 35.2 Å². The lowest BCUT2D eigenvalue weighted by molar-refractivity contribution is -0.118. The first-order chi connectivity index (χ1) is 15.2. The molecule has 3 heterocycles. The van der Waals surface area contributed by atoms with E-state index in [1.54, 1.807) is 27.7 Å². The average molecular weight is 489 g/mol. The predicted octanol–water partition coefficient (Wildman–Crippen LogP) is -0.148. The molecule has 1 fully saturated rings. The molecule has 3 rings (SSSR count). The van der Waals surface area contributed by atoms with Gasteiger partial charge in [-0.15, -0.1) is 0 Å². The highest BCUT2D eigenvalue weighted by Gasteiger charge is 2.56. The van der Waals surface area contributed by atoms with E-state index in [0.29, 0.717) is 0 Å². The molecule has 0 aliphatic carbocycles. The molecule has 0 spiro atoms. The van der Waals surface area contributed by atoms with Crippen LogP contribution < -0.4 is 11.3 Å². The Hall–Kier alpha value is -1.86. The summed E-state index contributed by atoms with van der Waals surface area (Å²) in [6.45, 7) is 6.05. The average Bonchev–Trinajstić information content (AvgIpc) is 3.31. The third-order valence-corrected chi connectivity index (χ3v) is 8.62. The van der Waals surface area contributed by atoms with Gasteiger partial charge >= 0.3 is 7.60 Å². The number of anilines is 1. The van der Waals surface area contributed by atoms with Gasteiger partial charge in [-0.25, -0.2) is 4.98 Å². The van der Waals surface area contributed by atoms with Gasteiger partial charge in [0.15, 0.2) is 22.2 Å². The Balaban J connectivity index is 1.99. The molecule has 2 unspecified atom stereocenters. The van der Waals surface area contributed by atoms with E-state index in [2.05, 4.69) is 9.97 Å². The molecule has 2 aromatic rings. The van der Waals surface area contributed by atoms with Crippen molar-refractivity contribution < 1.29 is 34.0 Å². The van der Waals surface area contributed by atoms with Crippen molar-refractivity contribution in [3.05, 3.63) is 16.7 Å². The van der Waals surface area contributed by atoms with Crippen LogP contribution in [-0.4, -0.2) is 69.6 Å². The lowest BCUT2D eigenvalue weighted by Gasteiger charge is -2.37. The first-order valence-electron chi connectivity index (χ1n) is 10.7. The number of fused-ring (bicyclic) bond motifs is 1. The second-order valence-corrected chi connectivity index (χ2v) is 10.8. The van der Waals surface area contributed by atoms with Crippen LogP contribution in [0.5, 0.6) is 0 Å². The lowest BCUT2D eigenvalue weighted by atomic mass is 9.95. The SMILES string of the molecule is CCC(O)(CC)P(=O)(O)OC(C(C)C)[C@H]1OC[C@](O)(n2cnc3c(=O)n(C)c(N)nc32)[C@@H]1O. The smallest absolute Gasteiger partial charge is 0.359 e. The molecule has 0 aromatic carbocycles. The topological polar surface area (TPSA) is 195 Å². The molecule has 33 heavy (non-hydrogen) atoms. The Kier molecular flexibility index (Phi) is 6.82. The van der Waals surface area contributed by atoms with Gasteiger partial charge in [-0.1, -0.05) is 27.7 Å². The minimum atomic E-state index is -4.57. The van der Waals surface area contributed by atoms with Crippen molar-refractivity contribution in [1.29, 1.82) is 0 Å². The van der Waals surface area contributed by atoms with Gasteiger partial charge in [-0.3, -0.25) is 18.5 Å². The maximum atomic E-state index is 13.0. The van der Waals surface area contributed by atoms with Crippen LogP contribution in [0.3, 0.4) is 0 Å². The Bertz CT molecular complexity index is 1130. The Morgan fingerprint density at radius 3 is 2.58 bits per heavy atom. The van der Waals surface area contributed by atoms with Crippen molar-refractivity contribution in [3.63, 3.8) is 0 Å². The zero-order valence-electron chi connectivity index (χ0n) is 19.2. The van der Waals surface area contributed by atoms with Gasteiger partial charge in [0.05, 0.1) is 19.0 Å². The van der Waals surface area contributed by atoms with Crippen molar-refractivity contribution in [3.8, 4) is 0 Å². The molecule has 1 saturated heterocycles. The summed E-state index contributed by atoms with van der Waals surface area (Å²) in [5, 5.41) is 31.0. The first-order valence-corrected chi connectivity index (χ1v) is 12.3. The highest BCUT2D eigenvalue weighted by molar-refractivity contribution is 7.54. The monoisotopic (exact) mass is 489 g/mol. The Labute approximate surface area is 190 Å². The summed E-state index contributed by atoms with van der Waals surface area (Å²) in [5.41, 5.74) is 3.00. The number of rotatable bonds is 8. The Morgan fingerprint density at radius 2 is 2.03 bits per heavy atom. The zero-order chi connectivity index (χ0) is 24.9. The van der Waals surface area contributed by atoms with Crippen molar-refractivity contribution in [1.82, 2.24) is 19.1 Å². The number of nitrogen functional groups attached to an aromatic ring is 1. The summed E-state index contributed by atoms with van der Waals surface area (Å²) in [6.07, 6.45) is -2.97. The van der Waals surface area contributed by atoms with E-state index in [9.17, 15) is 29.6 Å². The van der Waals surface area contributed by atoms with E-state index in [4.69, 9.17) is 15.0 Å². The number of hydrogen-bond acceptors (Lipinski definition) is 10. The van der Waals surface area contributed by atoms with Gasteiger partial charge in [-0.2, -0.15) is 4.98 Å². The summed E-state index contributed by atoms with van der Waals surface area (Å²) in [4.78, 5) is 31.1. The van der Waals surface area contributed by atoms with Crippen LogP contribution in [0.4, 0.5) is 5.95 Å². The molecule has 1 aliphatic rings. The zero-order valence-corrected chi connectivity index (χ0v) is 20.1. The van der Waals surface area contributed by atoms with Gasteiger partial charge in [0.25, 0.3) is 5.56 Å². The summed E-state index contributed by atoms with van der Waals surface area (Å²) in [6, 6.07) is 0. The van der Waals surface area contributed by atoms with E-state index in [1.165, 1.54) is 7.05 Å². The maximum absolute atomic E-state index is 13.0. The van der Waals surface area contributed by atoms with Crippen LogP contribution in [-0.2, 0) is 26.6 Å². The van der Waals surface area contributed by atoms with Gasteiger partial charge in [-0.05, 0) is 18.8 Å². The minimum absolute atomic E-state index is 0.0246. The van der Waals surface area contributed by atoms with Crippen molar-refractivity contribution in [2.24, 2.45) is 13.0 Å². The molecule has 5 atom stereocenters. The van der Waals surface area contributed by atoms with E-state index in [1.807, 2.05) is 0 Å². The van der Waals surface area contributed by atoms with Crippen LogP contribution in [0, 0.1) is 5.92 Å². The quantitative estimate of drug-likeness (QED) is 0.309. The molecule has 0 radical (unpaired) electrons. The number of nitrogens with zero attached hydrogens (tertiary/aromatic N) is 4. The molecular weight excluding hydrogens is 457 g/mol. The third-order valence-electron chi connectivity index (χ3n) is 6.41. The van der Waals surface area contributed by atoms with Crippen molar-refractivity contribution in [2.75, 3.05) is 12.3 Å². The molecule has 0 saturated carbocycles. The summed E-state index contributed by atoms with van der Waals surface area (Å²) in [7, 11) is -3.15. The fraction of sp³-hybridized carbons (Fsp3) is 0.737. The van der Waals surface area contributed by atoms with Gasteiger partial charge in [0.2, 0.25) is 5.95 Å². The molecule has 1 aliphatic heterocycles. The van der Waals surface area contributed by atoms with Crippen molar-refractivity contribution in [2.45, 2.75) is 69.9 Å². The van der Waals surface area contributed by atoms with Crippen LogP contribution in [0.25, 0.3) is 11.2 Å². The first kappa shape index (κ1) is 25.8. The molecule has 0 amide bonds. The fourth-order valence-electron chi connectivity index (χ4n) is 3.95. The number of aliphatic hydroxyl groups excluding tert-OH is 1. The van der Waals surface area contributed by atoms with E-state index >= 15 is 0 Å². The second-order valence-electron chi connectivity index (χ2n) is 8.74. The normalized spacial score (nSPS) is 26.7. The molecule has 186 valence electrons. The number of nitrogens with two attached hydrogens (primary N) is 1. The summed E-state index contributed by atoms with van der Waals surface area (Å²) in [5.74, 6) is -0.558. The molecule has 14 heteroatoms. The molecule has 0 bridgehead atoms. The largest absolute Gasteiger partial charge is 0.385 e. The van der Waals surface area contributed by atoms with Gasteiger partial charge in [0, 0.05) is 7.05 Å². The van der Waals surface area contributed by atoms with E-state index in [0.717, 1.165) is 15.5 Å². The van der Waals surface area contributed by atoms with E-state index < -0.39 is 55.1 Å². The molecule has 13 nitrogen and oxygen atoms in total. The fourth-order valence-corrected chi connectivity index (χ4v) is 5.64. The van der Waals surface area contributed by atoms with Crippen LogP contribution in [0.15, 0.2) is 11.1 Å². The Morgan fingerprint density at radius 1 is 1.42 bits per heavy atom. The second kappa shape index (κ2) is 8.73. The van der Waals surface area contributed by atoms with E-state index in [-0.39, 0.29) is 30.0 Å². The standard InChI is InChI=1S/C19H32N5O8P/c1-6-18(27,7-2)33(29,30)32-12(10(3)4)13-14(25)19(28,8-31-13)24-9-21-11-15(24)22-17(20)23(5)16(11)26/h9-10,12-14,25,27-28H,6-8H2,1-5H3,(H2,20,22)(H,29,30)/t12?,13-,14-,19-/m1/s1. The minimum Gasteiger partial charge on any atom is -0.385 e. The van der Waals surface area contributed by atoms with Crippen LogP contribution >= 0.6 is 7.60 Å². The highest BCUT2D eigenvalue weighted by atomic mass is 31.2. The number of aromatic nitrogens is 4. The number of aliphatic hydroxyl groups is 3. The predicted molar refractivity (Wildman–Crippen MR) is 118 cm³/mol. The number of imidazole rings is 1. The maximum Gasteiger partial charge on any atom is 0.359 e. The third kappa shape index (κ3) is 4.01. The van der Waals surface area contributed by atoms with Crippen LogP contribution in [0.2, 0.25) is 0 Å². The van der Waals surface area contributed by atoms with Gasteiger partial charge in [0.1, 0.15) is 12.2 Å². The number of ether oxygens (including phenoxy) is 1. The highest BCUT2D eigenvalue weighted by Crippen LogP contribution is 2.59. The van der Waals surface area contributed by atoms with Crippen LogP contribution in [0.1, 0.15) is 40.5 Å². The molecule has 6 N–H and O–H groups in total. The summed E-state index contributed by atoms with van der Waals surface area (Å²) < 4.78 is 26.3. The van der Waals surface area contributed by atoms with Crippen molar-refractivity contribution >= 4 is 24.7 Å². The lowest BCUT2D eigenvalue weighted by Crippen LogP contribution is -2.50.